The summed E-state index contributed by atoms with van der Waals surface area (Å²) in [6.45, 7) is 2.00. The van der Waals surface area contributed by atoms with Crippen molar-refractivity contribution < 1.29 is 59.5 Å². The smallest absolute Gasteiger partial charge is 0.253 e. The maximum absolute atomic E-state index is 12.9. The van der Waals surface area contributed by atoms with E-state index in [0.29, 0.717) is 12.5 Å². The van der Waals surface area contributed by atoms with Crippen LogP contribution in [0.1, 0.15) is 32.6 Å². The van der Waals surface area contributed by atoms with Crippen molar-refractivity contribution in [2.45, 2.75) is 135 Å². The van der Waals surface area contributed by atoms with E-state index in [4.69, 9.17) is 36.1 Å². The maximum Gasteiger partial charge on any atom is 0.253 e. The summed E-state index contributed by atoms with van der Waals surface area (Å²) in [5, 5.41) is 84.3. The summed E-state index contributed by atoms with van der Waals surface area (Å²) >= 11 is 0. The molecule has 3 aliphatic carbocycles. The first-order valence-electron chi connectivity index (χ1n) is 16.0. The lowest BCUT2D eigenvalue weighted by Gasteiger charge is -2.49. The van der Waals surface area contributed by atoms with Crippen molar-refractivity contribution in [3.05, 3.63) is 0 Å². The lowest BCUT2D eigenvalue weighted by atomic mass is 9.81. The Balaban J connectivity index is 1.30. The van der Waals surface area contributed by atoms with Crippen LogP contribution in [-0.2, 0) is 23.7 Å². The van der Waals surface area contributed by atoms with Crippen LogP contribution < -0.4 is 33.2 Å². The first-order chi connectivity index (χ1) is 21.6. The highest BCUT2D eigenvalue weighted by atomic mass is 16.7. The molecule has 18 nitrogen and oxygen atoms in total. The number of likely N-dealkylation sites (N-methyl/N-ethyl adjacent to an activating group) is 1. The predicted molar refractivity (Wildman–Crippen MR) is 157 cm³/mol. The van der Waals surface area contributed by atoms with Gasteiger partial charge in [0.15, 0.2) is 18.2 Å². The molecule has 0 spiro atoms. The molecule has 5 aliphatic rings. The fourth-order valence-corrected chi connectivity index (χ4v) is 7.03. The van der Waals surface area contributed by atoms with Gasteiger partial charge in [0.1, 0.15) is 54.4 Å². The van der Waals surface area contributed by atoms with Crippen LogP contribution in [0.15, 0.2) is 0 Å². The summed E-state index contributed by atoms with van der Waals surface area (Å²) < 4.78 is 23.5. The van der Waals surface area contributed by atoms with Crippen molar-refractivity contribution in [3.63, 3.8) is 0 Å². The molecule has 2 heterocycles. The molecular weight excluding hydrogens is 612 g/mol. The maximum atomic E-state index is 12.9. The normalized spacial score (nSPS) is 52.5. The molecule has 3 saturated carbocycles. The van der Waals surface area contributed by atoms with E-state index in [1.165, 1.54) is 14.0 Å². The summed E-state index contributed by atoms with van der Waals surface area (Å²) in [7, 11) is 1.54. The molecule has 0 aromatic carbocycles. The third-order valence-electron chi connectivity index (χ3n) is 10.2. The van der Waals surface area contributed by atoms with E-state index < -0.39 is 103 Å². The number of nitrogens with one attached hydrogen (secondary N) is 3. The second kappa shape index (κ2) is 14.0. The number of carbonyl (C=O) groups excluding carboxylic acids is 1. The van der Waals surface area contributed by atoms with Crippen molar-refractivity contribution in [2.24, 2.45) is 23.1 Å². The van der Waals surface area contributed by atoms with Gasteiger partial charge < -0.3 is 87.8 Å². The third-order valence-corrected chi connectivity index (χ3v) is 10.2. The van der Waals surface area contributed by atoms with Gasteiger partial charge in [-0.1, -0.05) is 0 Å². The van der Waals surface area contributed by atoms with Gasteiger partial charge in [-0.3, -0.25) is 4.79 Å². The van der Waals surface area contributed by atoms with Gasteiger partial charge in [0.2, 0.25) is 0 Å². The summed E-state index contributed by atoms with van der Waals surface area (Å²) in [5.41, 5.74) is 14.8. The van der Waals surface area contributed by atoms with Gasteiger partial charge in [-0.05, 0) is 45.7 Å². The molecule has 2 saturated heterocycles. The highest BCUT2D eigenvalue weighted by Crippen LogP contribution is 2.36. The minimum absolute atomic E-state index is 0.0378. The van der Waals surface area contributed by atoms with E-state index in [9.17, 15) is 40.5 Å². The Bertz CT molecular complexity index is 1060. The summed E-state index contributed by atoms with van der Waals surface area (Å²) in [4.78, 5) is 12.9. The first kappa shape index (κ1) is 36.1. The SMILES string of the molecule is CN[C@@H]1[C@@H](O)[C@@H](O[C@H]2[C@H](NC(=O)C3(O)CC3N)C[C@H](N)C(O[C@H]3O[C@H](CNCC4CC(N)C4)[C@@H](O)[C@H](O)[C@H]3O)[C@@H]2O)OC[C@]1(C)O. The number of hydrogen-bond donors (Lipinski definition) is 13. The number of rotatable bonds is 11. The van der Waals surface area contributed by atoms with Gasteiger partial charge in [-0.2, -0.15) is 0 Å². The molecule has 1 amide bonds. The van der Waals surface area contributed by atoms with Crippen molar-refractivity contribution >= 4 is 5.91 Å². The Kier molecular flexibility index (Phi) is 11.0. The largest absolute Gasteiger partial charge is 0.388 e. The van der Waals surface area contributed by atoms with E-state index in [0.717, 1.165) is 12.8 Å². The highest BCUT2D eigenvalue weighted by molar-refractivity contribution is 5.89. The monoisotopic (exact) mass is 664 g/mol. The first-order valence-corrected chi connectivity index (χ1v) is 16.0. The molecule has 18 heteroatoms. The van der Waals surface area contributed by atoms with Crippen LogP contribution in [0.2, 0.25) is 0 Å². The lowest BCUT2D eigenvalue weighted by Crippen LogP contribution is -2.70. The van der Waals surface area contributed by atoms with Crippen molar-refractivity contribution in [3.8, 4) is 0 Å². The molecule has 266 valence electrons. The number of hydrogen-bond acceptors (Lipinski definition) is 17. The van der Waals surface area contributed by atoms with E-state index in [-0.39, 0.29) is 32.0 Å². The fraction of sp³-hybridized carbons (Fsp3) is 0.964. The van der Waals surface area contributed by atoms with E-state index in [1.807, 2.05) is 0 Å². The molecule has 0 aromatic rings. The quantitative estimate of drug-likeness (QED) is 0.0976. The predicted octanol–water partition coefficient (Wildman–Crippen LogP) is -7.01. The number of ether oxygens (including phenoxy) is 4. The Labute approximate surface area is 266 Å². The number of carbonyl (C=O) groups is 1. The molecule has 5 fully saturated rings. The lowest BCUT2D eigenvalue weighted by molar-refractivity contribution is -0.331. The Morgan fingerprint density at radius 1 is 0.891 bits per heavy atom. The van der Waals surface area contributed by atoms with Crippen molar-refractivity contribution in [1.29, 1.82) is 0 Å². The van der Waals surface area contributed by atoms with Crippen LogP contribution in [0.5, 0.6) is 0 Å². The number of nitrogens with two attached hydrogens (primary N) is 3. The van der Waals surface area contributed by atoms with Crippen molar-refractivity contribution in [1.82, 2.24) is 16.0 Å². The molecule has 0 aromatic heterocycles. The number of aliphatic hydroxyl groups excluding tert-OH is 5. The topological polar surface area (TPSA) is 310 Å². The molecule has 0 bridgehead atoms. The van der Waals surface area contributed by atoms with Gasteiger partial charge in [0, 0.05) is 31.1 Å². The van der Waals surface area contributed by atoms with Gasteiger partial charge >= 0.3 is 0 Å². The molecule has 2 aliphatic heterocycles. The van der Waals surface area contributed by atoms with Gasteiger partial charge in [0.25, 0.3) is 5.91 Å². The second-order valence-electron chi connectivity index (χ2n) is 14.0. The average molecular weight is 665 g/mol. The molecule has 46 heavy (non-hydrogen) atoms. The van der Waals surface area contributed by atoms with E-state index in [1.54, 1.807) is 0 Å². The molecule has 16 atom stereocenters. The van der Waals surface area contributed by atoms with E-state index in [2.05, 4.69) is 16.0 Å². The fourth-order valence-electron chi connectivity index (χ4n) is 7.03. The van der Waals surface area contributed by atoms with Crippen LogP contribution in [0.3, 0.4) is 0 Å². The molecule has 3 unspecified atom stereocenters. The Morgan fingerprint density at radius 3 is 2.15 bits per heavy atom. The minimum atomic E-state index is -1.80. The van der Waals surface area contributed by atoms with Gasteiger partial charge in [-0.25, -0.2) is 0 Å². The Hall–Kier alpha value is -1.17. The second-order valence-corrected chi connectivity index (χ2v) is 14.0. The van der Waals surface area contributed by atoms with Gasteiger partial charge in [-0.15, -0.1) is 0 Å². The van der Waals surface area contributed by atoms with E-state index >= 15 is 0 Å². The number of amides is 1. The molecule has 0 radical (unpaired) electrons. The Morgan fingerprint density at radius 2 is 1.54 bits per heavy atom. The summed E-state index contributed by atoms with van der Waals surface area (Å²) in [5.74, 6) is -0.405. The van der Waals surface area contributed by atoms with Crippen LogP contribution in [0.25, 0.3) is 0 Å². The van der Waals surface area contributed by atoms with Crippen LogP contribution in [0, 0.1) is 5.92 Å². The van der Waals surface area contributed by atoms with Crippen LogP contribution in [0.4, 0.5) is 0 Å². The molecule has 16 N–H and O–H groups in total. The molecular formula is C28H52N6O12. The molecule has 5 rings (SSSR count). The summed E-state index contributed by atoms with van der Waals surface area (Å²) in [6, 6.07) is -3.50. The standard InChI is InChI=1S/C28H52N6O12/c1-27(41)9-43-24(20(39)23(27)32-2)46-22-13(34-26(40)28(42)6-15(28)31)5-12(30)21(19(22)38)45-25-18(37)17(36)16(35)14(44-25)8-33-7-10-3-11(29)4-10/h10-25,32-33,35-39,41-42H,3-9,29-31H2,1-2H3,(H,34,40)/t10?,11?,12-,13+,14+,15?,16+,17-,18+,19-,20+,21?,22-,23+,24+,25+,27-,28?/m0/s1. The zero-order chi connectivity index (χ0) is 33.7. The third kappa shape index (κ3) is 7.23. The summed E-state index contributed by atoms with van der Waals surface area (Å²) in [6.07, 6.45) is -12.7. The zero-order valence-corrected chi connectivity index (χ0v) is 26.1. The number of aliphatic hydroxyl groups is 7. The minimum Gasteiger partial charge on any atom is -0.388 e. The van der Waals surface area contributed by atoms with Gasteiger partial charge in [0.05, 0.1) is 18.7 Å². The van der Waals surface area contributed by atoms with Crippen molar-refractivity contribution in [2.75, 3.05) is 26.7 Å². The highest BCUT2D eigenvalue weighted by Gasteiger charge is 2.59. The zero-order valence-electron chi connectivity index (χ0n) is 26.1. The average Bonchev–Trinajstić information content (AvgIpc) is 3.60. The van der Waals surface area contributed by atoms with Crippen LogP contribution in [-0.4, -0.2) is 171 Å². The van der Waals surface area contributed by atoms with Crippen LogP contribution >= 0.6 is 0 Å².